The fraction of sp³-hybridized carbons (Fsp3) is 0.0612. The van der Waals surface area contributed by atoms with Gasteiger partial charge in [0.05, 0.1) is 0 Å². The highest BCUT2D eigenvalue weighted by atomic mass is 14.4. The van der Waals surface area contributed by atoms with Gasteiger partial charge in [0.25, 0.3) is 0 Å². The standard InChI is InChI=1S/C49H34/c1-49(2)45-30-35(25-26-38(45)44-28-33-14-3-4-15-34(33)29-46(44)49)32-17-11-18-36(27-32)47-40-20-7-9-22-42(40)48(43-23-10-8-21-41(43)47)39-24-12-16-31-13-5-6-19-37(31)39/h3-30H,1-2H3. The van der Waals surface area contributed by atoms with Crippen LogP contribution in [0.1, 0.15) is 25.0 Å². The van der Waals surface area contributed by atoms with Crippen molar-refractivity contribution in [3.8, 4) is 44.5 Å². The monoisotopic (exact) mass is 622 g/mol. The van der Waals surface area contributed by atoms with Gasteiger partial charge in [-0.1, -0.05) is 159 Å². The van der Waals surface area contributed by atoms with E-state index < -0.39 is 0 Å². The van der Waals surface area contributed by atoms with E-state index >= 15 is 0 Å². The lowest BCUT2D eigenvalue weighted by Gasteiger charge is -2.22. The molecule has 10 rings (SSSR count). The van der Waals surface area contributed by atoms with Gasteiger partial charge in [-0.2, -0.15) is 0 Å². The Balaban J connectivity index is 1.16. The molecule has 0 nitrogen and oxygen atoms in total. The lowest BCUT2D eigenvalue weighted by atomic mass is 9.81. The van der Waals surface area contributed by atoms with E-state index in [-0.39, 0.29) is 5.41 Å². The number of rotatable bonds is 3. The van der Waals surface area contributed by atoms with Crippen LogP contribution < -0.4 is 0 Å². The first-order chi connectivity index (χ1) is 24.1. The predicted octanol–water partition coefficient (Wildman–Crippen LogP) is 13.6. The fourth-order valence-electron chi connectivity index (χ4n) is 8.63. The molecule has 9 aromatic rings. The zero-order chi connectivity index (χ0) is 32.7. The maximum absolute atomic E-state index is 2.44. The van der Waals surface area contributed by atoms with Crippen LogP contribution >= 0.6 is 0 Å². The van der Waals surface area contributed by atoms with Crippen molar-refractivity contribution >= 4 is 43.1 Å². The van der Waals surface area contributed by atoms with Crippen LogP contribution in [0.25, 0.3) is 87.6 Å². The van der Waals surface area contributed by atoms with E-state index in [4.69, 9.17) is 0 Å². The molecule has 0 unspecified atom stereocenters. The summed E-state index contributed by atoms with van der Waals surface area (Å²) < 4.78 is 0. The average molecular weight is 623 g/mol. The smallest absolute Gasteiger partial charge is 0.0159 e. The molecule has 0 N–H and O–H groups in total. The van der Waals surface area contributed by atoms with Crippen LogP contribution in [0.2, 0.25) is 0 Å². The Hall–Kier alpha value is -5.98. The Bertz CT molecular complexity index is 2730. The highest BCUT2D eigenvalue weighted by molar-refractivity contribution is 6.23. The van der Waals surface area contributed by atoms with Crippen LogP contribution in [-0.4, -0.2) is 0 Å². The molecular weight excluding hydrogens is 589 g/mol. The van der Waals surface area contributed by atoms with E-state index in [2.05, 4.69) is 184 Å². The molecule has 49 heavy (non-hydrogen) atoms. The van der Waals surface area contributed by atoms with Crippen LogP contribution in [0.15, 0.2) is 170 Å². The molecule has 0 bridgehead atoms. The van der Waals surface area contributed by atoms with Gasteiger partial charge in [-0.05, 0) is 123 Å². The first kappa shape index (κ1) is 28.1. The quantitative estimate of drug-likeness (QED) is 0.172. The first-order valence-corrected chi connectivity index (χ1v) is 17.3. The Morgan fingerprint density at radius 1 is 0.306 bits per heavy atom. The third-order valence-corrected chi connectivity index (χ3v) is 11.0. The second-order valence-electron chi connectivity index (χ2n) is 14.1. The molecule has 1 aliphatic rings. The van der Waals surface area contributed by atoms with Crippen molar-refractivity contribution < 1.29 is 0 Å². The van der Waals surface area contributed by atoms with Crippen molar-refractivity contribution in [2.24, 2.45) is 0 Å². The van der Waals surface area contributed by atoms with Crippen LogP contribution in [0.3, 0.4) is 0 Å². The van der Waals surface area contributed by atoms with Gasteiger partial charge < -0.3 is 0 Å². The van der Waals surface area contributed by atoms with Crippen molar-refractivity contribution in [3.05, 3.63) is 181 Å². The molecule has 0 saturated heterocycles. The molecule has 0 radical (unpaired) electrons. The van der Waals surface area contributed by atoms with Crippen LogP contribution in [0.5, 0.6) is 0 Å². The van der Waals surface area contributed by atoms with Crippen molar-refractivity contribution in [2.45, 2.75) is 19.3 Å². The van der Waals surface area contributed by atoms with Gasteiger partial charge in [0.1, 0.15) is 0 Å². The Morgan fingerprint density at radius 2 is 0.816 bits per heavy atom. The van der Waals surface area contributed by atoms with Crippen molar-refractivity contribution in [2.75, 3.05) is 0 Å². The summed E-state index contributed by atoms with van der Waals surface area (Å²) in [5.41, 5.74) is 13.1. The molecule has 0 aliphatic heterocycles. The number of fused-ring (bicyclic) bond motifs is 7. The molecule has 0 saturated carbocycles. The Labute approximate surface area is 286 Å². The van der Waals surface area contributed by atoms with Crippen molar-refractivity contribution in [1.82, 2.24) is 0 Å². The van der Waals surface area contributed by atoms with Crippen LogP contribution in [0.4, 0.5) is 0 Å². The summed E-state index contributed by atoms with van der Waals surface area (Å²) in [6.45, 7) is 4.75. The second-order valence-corrected chi connectivity index (χ2v) is 14.1. The lowest BCUT2D eigenvalue weighted by Crippen LogP contribution is -2.15. The van der Waals surface area contributed by atoms with E-state index in [1.165, 1.54) is 98.7 Å². The summed E-state index contributed by atoms with van der Waals surface area (Å²) >= 11 is 0. The molecule has 9 aromatic carbocycles. The lowest BCUT2D eigenvalue weighted by molar-refractivity contribution is 0.661. The van der Waals surface area contributed by atoms with E-state index in [1.54, 1.807) is 0 Å². The molecule has 1 aliphatic carbocycles. The largest absolute Gasteiger partial charge is 0.0616 e. The Kier molecular flexibility index (Phi) is 6.02. The number of hydrogen-bond acceptors (Lipinski definition) is 0. The Morgan fingerprint density at radius 3 is 1.53 bits per heavy atom. The summed E-state index contributed by atoms with van der Waals surface area (Å²) in [6.07, 6.45) is 0. The normalized spacial score (nSPS) is 13.3. The molecule has 0 fully saturated rings. The summed E-state index contributed by atoms with van der Waals surface area (Å²) in [5.74, 6) is 0. The molecule has 0 spiro atoms. The van der Waals surface area contributed by atoms with Gasteiger partial charge in [0.15, 0.2) is 0 Å². The summed E-state index contributed by atoms with van der Waals surface area (Å²) in [6, 6.07) is 63.2. The zero-order valence-corrected chi connectivity index (χ0v) is 27.7. The first-order valence-electron chi connectivity index (χ1n) is 17.3. The molecule has 0 heteroatoms. The highest BCUT2D eigenvalue weighted by Gasteiger charge is 2.36. The van der Waals surface area contributed by atoms with E-state index in [0.717, 1.165) is 0 Å². The third-order valence-electron chi connectivity index (χ3n) is 11.0. The second kappa shape index (κ2) is 10.5. The van der Waals surface area contributed by atoms with E-state index in [9.17, 15) is 0 Å². The highest BCUT2D eigenvalue weighted by Crippen LogP contribution is 2.51. The van der Waals surface area contributed by atoms with E-state index in [0.29, 0.717) is 0 Å². The summed E-state index contributed by atoms with van der Waals surface area (Å²) in [4.78, 5) is 0. The third kappa shape index (κ3) is 4.17. The molecule has 0 heterocycles. The number of hydrogen-bond donors (Lipinski definition) is 0. The molecule has 0 aromatic heterocycles. The molecule has 230 valence electrons. The molecule has 0 atom stereocenters. The maximum atomic E-state index is 2.44. The SMILES string of the molecule is CC1(C)c2cc(-c3cccc(-c4c5ccccc5c(-c5cccc6ccccc56)c5ccccc45)c3)ccc2-c2cc3ccccc3cc21. The summed E-state index contributed by atoms with van der Waals surface area (Å²) in [7, 11) is 0. The van der Waals surface area contributed by atoms with Gasteiger partial charge in [-0.15, -0.1) is 0 Å². The minimum absolute atomic E-state index is 0.0772. The zero-order valence-electron chi connectivity index (χ0n) is 27.7. The van der Waals surface area contributed by atoms with Gasteiger partial charge in [-0.3, -0.25) is 0 Å². The predicted molar refractivity (Wildman–Crippen MR) is 210 cm³/mol. The van der Waals surface area contributed by atoms with Gasteiger partial charge in [0.2, 0.25) is 0 Å². The van der Waals surface area contributed by atoms with E-state index in [1.807, 2.05) is 0 Å². The fourth-order valence-corrected chi connectivity index (χ4v) is 8.63. The van der Waals surface area contributed by atoms with Crippen molar-refractivity contribution in [1.29, 1.82) is 0 Å². The minimum Gasteiger partial charge on any atom is -0.0616 e. The maximum Gasteiger partial charge on any atom is 0.0159 e. The van der Waals surface area contributed by atoms with Gasteiger partial charge in [0, 0.05) is 5.41 Å². The topological polar surface area (TPSA) is 0 Å². The molecule has 0 amide bonds. The van der Waals surface area contributed by atoms with Crippen molar-refractivity contribution in [3.63, 3.8) is 0 Å². The molecular formula is C49H34. The average Bonchev–Trinajstić information content (AvgIpc) is 3.37. The summed E-state index contributed by atoms with van der Waals surface area (Å²) in [5, 5.41) is 10.3. The van der Waals surface area contributed by atoms with Crippen LogP contribution in [-0.2, 0) is 5.41 Å². The number of benzene rings is 9. The minimum atomic E-state index is -0.0772. The van der Waals surface area contributed by atoms with Gasteiger partial charge in [-0.25, -0.2) is 0 Å². The van der Waals surface area contributed by atoms with Gasteiger partial charge >= 0.3 is 0 Å². The van der Waals surface area contributed by atoms with Crippen LogP contribution in [0, 0.1) is 0 Å².